The molecule has 1 rings (SSSR count). The number of carboxylic acid groups (broad SMARTS) is 1. The zero-order chi connectivity index (χ0) is 13.1. The van der Waals surface area contributed by atoms with Crippen LogP contribution in [0.25, 0.3) is 0 Å². The van der Waals surface area contributed by atoms with Crippen molar-refractivity contribution in [3.63, 3.8) is 0 Å². The van der Waals surface area contributed by atoms with E-state index in [4.69, 9.17) is 5.11 Å². The highest BCUT2D eigenvalue weighted by atomic mass is 16.4. The fourth-order valence-electron chi connectivity index (χ4n) is 1.26. The summed E-state index contributed by atoms with van der Waals surface area (Å²) in [6, 6.07) is 6.01. The van der Waals surface area contributed by atoms with Crippen LogP contribution in [0.4, 0.5) is 0 Å². The van der Waals surface area contributed by atoms with Crippen LogP contribution in [0.5, 0.6) is 0 Å². The first kappa shape index (κ1) is 13.2. The van der Waals surface area contributed by atoms with Crippen LogP contribution in [0.1, 0.15) is 47.9 Å². The number of amides is 1. The predicted molar refractivity (Wildman–Crippen MR) is 65.2 cm³/mol. The lowest BCUT2D eigenvalue weighted by Gasteiger charge is -2.24. The summed E-state index contributed by atoms with van der Waals surface area (Å²) in [5.41, 5.74) is 0.189. The van der Waals surface area contributed by atoms with Gasteiger partial charge in [-0.25, -0.2) is 4.79 Å². The Bertz CT molecular complexity index is 438. The van der Waals surface area contributed by atoms with Crippen molar-refractivity contribution in [1.82, 2.24) is 5.32 Å². The maximum atomic E-state index is 11.9. The van der Waals surface area contributed by atoms with E-state index in [1.807, 2.05) is 20.8 Å². The molecule has 0 bridgehead atoms. The molecule has 1 aromatic carbocycles. The number of aromatic carboxylic acids is 1. The third-order valence-electron chi connectivity index (χ3n) is 2.71. The van der Waals surface area contributed by atoms with Gasteiger partial charge in [0.05, 0.1) is 5.56 Å². The van der Waals surface area contributed by atoms with Crippen molar-refractivity contribution >= 4 is 11.9 Å². The van der Waals surface area contributed by atoms with Crippen LogP contribution in [-0.2, 0) is 0 Å². The Morgan fingerprint density at radius 3 is 2.41 bits per heavy atom. The van der Waals surface area contributed by atoms with Gasteiger partial charge in [0, 0.05) is 11.1 Å². The van der Waals surface area contributed by atoms with Gasteiger partial charge in [-0.1, -0.05) is 13.0 Å². The maximum Gasteiger partial charge on any atom is 0.335 e. The molecule has 1 aromatic rings. The van der Waals surface area contributed by atoms with Crippen molar-refractivity contribution in [2.45, 2.75) is 32.7 Å². The molecule has 0 atom stereocenters. The highest BCUT2D eigenvalue weighted by Crippen LogP contribution is 2.10. The summed E-state index contributed by atoms with van der Waals surface area (Å²) in [6.07, 6.45) is 0.803. The molecule has 0 spiro atoms. The normalized spacial score (nSPS) is 11.0. The van der Waals surface area contributed by atoms with Gasteiger partial charge in [-0.2, -0.15) is 0 Å². The SMILES string of the molecule is CCC(C)(C)NC(=O)c1cccc(C(=O)O)c1. The summed E-state index contributed by atoms with van der Waals surface area (Å²) in [7, 11) is 0. The van der Waals surface area contributed by atoms with Crippen molar-refractivity contribution in [2.24, 2.45) is 0 Å². The second-order valence-electron chi connectivity index (χ2n) is 4.58. The average molecular weight is 235 g/mol. The first-order chi connectivity index (χ1) is 7.85. The molecule has 0 aliphatic carbocycles. The van der Waals surface area contributed by atoms with E-state index < -0.39 is 5.97 Å². The Labute approximate surface area is 101 Å². The molecule has 0 heterocycles. The molecule has 4 heteroatoms. The number of benzene rings is 1. The van der Waals surface area contributed by atoms with E-state index in [2.05, 4.69) is 5.32 Å². The quantitative estimate of drug-likeness (QED) is 0.841. The monoisotopic (exact) mass is 235 g/mol. The van der Waals surface area contributed by atoms with Gasteiger partial charge in [0.1, 0.15) is 0 Å². The predicted octanol–water partition coefficient (Wildman–Crippen LogP) is 2.30. The van der Waals surface area contributed by atoms with Crippen molar-refractivity contribution < 1.29 is 14.7 Å². The minimum Gasteiger partial charge on any atom is -0.478 e. The highest BCUT2D eigenvalue weighted by molar-refractivity contribution is 5.97. The van der Waals surface area contributed by atoms with Gasteiger partial charge >= 0.3 is 5.97 Å². The first-order valence-electron chi connectivity index (χ1n) is 5.51. The van der Waals surface area contributed by atoms with E-state index in [-0.39, 0.29) is 17.0 Å². The van der Waals surface area contributed by atoms with Gasteiger partial charge in [-0.15, -0.1) is 0 Å². The third kappa shape index (κ3) is 3.59. The third-order valence-corrected chi connectivity index (χ3v) is 2.71. The lowest BCUT2D eigenvalue weighted by molar-refractivity contribution is 0.0697. The molecule has 17 heavy (non-hydrogen) atoms. The second kappa shape index (κ2) is 4.99. The van der Waals surface area contributed by atoms with E-state index in [0.29, 0.717) is 5.56 Å². The van der Waals surface area contributed by atoms with Crippen molar-refractivity contribution in [1.29, 1.82) is 0 Å². The molecule has 4 nitrogen and oxygen atoms in total. The Morgan fingerprint density at radius 2 is 1.88 bits per heavy atom. The zero-order valence-corrected chi connectivity index (χ0v) is 10.3. The van der Waals surface area contributed by atoms with Crippen LogP contribution >= 0.6 is 0 Å². The van der Waals surface area contributed by atoms with Gasteiger partial charge < -0.3 is 10.4 Å². The lowest BCUT2D eigenvalue weighted by atomic mass is 10.0. The van der Waals surface area contributed by atoms with Crippen LogP contribution in [0, 0.1) is 0 Å². The largest absolute Gasteiger partial charge is 0.478 e. The molecule has 0 unspecified atom stereocenters. The van der Waals surface area contributed by atoms with Gasteiger partial charge in [0.15, 0.2) is 0 Å². The fraction of sp³-hybridized carbons (Fsp3) is 0.385. The average Bonchev–Trinajstić information content (AvgIpc) is 2.28. The molecule has 0 aromatic heterocycles. The summed E-state index contributed by atoms with van der Waals surface area (Å²) < 4.78 is 0. The van der Waals surface area contributed by atoms with E-state index in [1.54, 1.807) is 12.1 Å². The molecule has 92 valence electrons. The maximum absolute atomic E-state index is 11.9. The zero-order valence-electron chi connectivity index (χ0n) is 10.3. The van der Waals surface area contributed by atoms with Crippen molar-refractivity contribution in [3.8, 4) is 0 Å². The van der Waals surface area contributed by atoms with Crippen molar-refractivity contribution in [2.75, 3.05) is 0 Å². The number of carbonyl (C=O) groups excluding carboxylic acids is 1. The summed E-state index contributed by atoms with van der Waals surface area (Å²) in [5, 5.41) is 11.7. The van der Waals surface area contributed by atoms with Crippen LogP contribution in [0.3, 0.4) is 0 Å². The molecular formula is C13H17NO3. The molecule has 0 aliphatic heterocycles. The molecule has 2 N–H and O–H groups in total. The summed E-state index contributed by atoms with van der Waals surface area (Å²) in [5.74, 6) is -1.28. The smallest absolute Gasteiger partial charge is 0.335 e. The van der Waals surface area contributed by atoms with Gasteiger partial charge in [0.2, 0.25) is 0 Å². The Morgan fingerprint density at radius 1 is 1.29 bits per heavy atom. The van der Waals surface area contributed by atoms with Crippen LogP contribution < -0.4 is 5.32 Å². The number of hydrogen-bond acceptors (Lipinski definition) is 2. The van der Waals surface area contributed by atoms with Gasteiger partial charge in [-0.3, -0.25) is 4.79 Å². The molecule has 0 saturated heterocycles. The molecule has 0 saturated carbocycles. The van der Waals surface area contributed by atoms with Crippen LogP contribution in [-0.4, -0.2) is 22.5 Å². The second-order valence-corrected chi connectivity index (χ2v) is 4.58. The van der Waals surface area contributed by atoms with Crippen LogP contribution in [0.2, 0.25) is 0 Å². The Kier molecular flexibility index (Phi) is 3.89. The van der Waals surface area contributed by atoms with E-state index in [1.165, 1.54) is 12.1 Å². The lowest BCUT2D eigenvalue weighted by Crippen LogP contribution is -2.42. The fourth-order valence-corrected chi connectivity index (χ4v) is 1.26. The molecule has 1 amide bonds. The minimum atomic E-state index is -1.03. The van der Waals surface area contributed by atoms with Gasteiger partial charge in [0.25, 0.3) is 5.91 Å². The number of nitrogens with one attached hydrogen (secondary N) is 1. The Hall–Kier alpha value is -1.84. The van der Waals surface area contributed by atoms with E-state index >= 15 is 0 Å². The molecule has 0 fully saturated rings. The van der Waals surface area contributed by atoms with E-state index in [0.717, 1.165) is 6.42 Å². The summed E-state index contributed by atoms with van der Waals surface area (Å²) in [6.45, 7) is 5.83. The molecular weight excluding hydrogens is 218 g/mol. The topological polar surface area (TPSA) is 66.4 Å². The Balaban J connectivity index is 2.90. The molecule has 0 aliphatic rings. The summed E-state index contributed by atoms with van der Waals surface area (Å²) >= 11 is 0. The first-order valence-corrected chi connectivity index (χ1v) is 5.51. The standard InChI is InChI=1S/C13H17NO3/c1-4-13(2,3)14-11(15)9-6-5-7-10(8-9)12(16)17/h5-8H,4H2,1-3H3,(H,14,15)(H,16,17). The summed E-state index contributed by atoms with van der Waals surface area (Å²) in [4.78, 5) is 22.7. The van der Waals surface area contributed by atoms with Crippen molar-refractivity contribution in [3.05, 3.63) is 35.4 Å². The number of rotatable bonds is 4. The molecule has 0 radical (unpaired) electrons. The number of hydrogen-bond donors (Lipinski definition) is 2. The van der Waals surface area contributed by atoms with Crippen LogP contribution in [0.15, 0.2) is 24.3 Å². The van der Waals surface area contributed by atoms with E-state index in [9.17, 15) is 9.59 Å². The number of carbonyl (C=O) groups is 2. The number of carboxylic acids is 1. The highest BCUT2D eigenvalue weighted by Gasteiger charge is 2.19. The minimum absolute atomic E-state index is 0.118. The van der Waals surface area contributed by atoms with Gasteiger partial charge in [-0.05, 0) is 38.5 Å².